The summed E-state index contributed by atoms with van der Waals surface area (Å²) in [6, 6.07) is 0. The minimum absolute atomic E-state index is 0.00561. The predicted molar refractivity (Wildman–Crippen MR) is 58.0 cm³/mol. The van der Waals surface area contributed by atoms with Gasteiger partial charge in [-0.15, -0.1) is 11.8 Å². The highest BCUT2D eigenvalue weighted by Crippen LogP contribution is 2.69. The fourth-order valence-corrected chi connectivity index (χ4v) is 2.90. The van der Waals surface area contributed by atoms with Crippen molar-refractivity contribution in [3.8, 4) is 0 Å². The number of hydrogen-bond donors (Lipinski definition) is 1. The average molecular weight is 229 g/mol. The first-order valence-corrected chi connectivity index (χ1v) is 5.93. The third-order valence-electron chi connectivity index (χ3n) is 2.67. The molecular weight excluding hydrogens is 214 g/mol. The minimum Gasteiger partial charge on any atom is -0.444 e. The number of nitrogens with one attached hydrogen (secondary N) is 1. The van der Waals surface area contributed by atoms with E-state index in [2.05, 4.69) is 5.32 Å². The van der Waals surface area contributed by atoms with Crippen molar-refractivity contribution in [3.05, 3.63) is 0 Å². The smallest absolute Gasteiger partial charge is 0.408 e. The van der Waals surface area contributed by atoms with Crippen LogP contribution in [0.15, 0.2) is 0 Å². The van der Waals surface area contributed by atoms with Gasteiger partial charge in [0.2, 0.25) is 0 Å². The first kappa shape index (κ1) is 10.8. The van der Waals surface area contributed by atoms with Crippen molar-refractivity contribution in [2.45, 2.75) is 43.1 Å². The molecule has 4 nitrogen and oxygen atoms in total. The standard InChI is InChI=1S/C10H15NO3S/c1-8(2,3)14-7(13)11-9(5-12)4-10(9)6-15-10/h5H,4,6H2,1-3H3,(H,11,13). The number of carbonyl (C=O) groups is 2. The third kappa shape index (κ3) is 1.85. The fraction of sp³-hybridized carbons (Fsp3) is 0.800. The molecule has 2 atom stereocenters. The van der Waals surface area contributed by atoms with Gasteiger partial charge < -0.3 is 14.8 Å². The van der Waals surface area contributed by atoms with Crippen LogP contribution in [0.5, 0.6) is 0 Å². The molecule has 1 saturated heterocycles. The Balaban J connectivity index is 1.92. The molecule has 0 aromatic carbocycles. The largest absolute Gasteiger partial charge is 0.444 e. The number of amides is 1. The van der Waals surface area contributed by atoms with Gasteiger partial charge in [-0.1, -0.05) is 0 Å². The summed E-state index contributed by atoms with van der Waals surface area (Å²) in [5.41, 5.74) is -1.17. The van der Waals surface area contributed by atoms with Gasteiger partial charge in [0.25, 0.3) is 0 Å². The number of hydrogen-bond acceptors (Lipinski definition) is 4. The van der Waals surface area contributed by atoms with Gasteiger partial charge in [-0.3, -0.25) is 0 Å². The Morgan fingerprint density at radius 1 is 1.53 bits per heavy atom. The molecule has 2 fully saturated rings. The van der Waals surface area contributed by atoms with Crippen LogP contribution in [0, 0.1) is 0 Å². The fourth-order valence-electron chi connectivity index (χ4n) is 1.68. The van der Waals surface area contributed by atoms with Crippen molar-refractivity contribution in [1.82, 2.24) is 5.32 Å². The van der Waals surface area contributed by atoms with E-state index in [4.69, 9.17) is 4.74 Å². The quantitative estimate of drug-likeness (QED) is 0.573. The summed E-state index contributed by atoms with van der Waals surface area (Å²) < 4.78 is 5.12. The lowest BCUT2D eigenvalue weighted by Crippen LogP contribution is -2.44. The maximum Gasteiger partial charge on any atom is 0.408 e. The van der Waals surface area contributed by atoms with Crippen LogP contribution in [0.1, 0.15) is 27.2 Å². The monoisotopic (exact) mass is 229 g/mol. The molecular formula is C10H15NO3S. The molecule has 1 amide bonds. The van der Waals surface area contributed by atoms with Crippen LogP contribution < -0.4 is 5.32 Å². The molecule has 1 aliphatic carbocycles. The molecule has 15 heavy (non-hydrogen) atoms. The molecule has 0 bridgehead atoms. The van der Waals surface area contributed by atoms with E-state index in [1.807, 2.05) is 0 Å². The zero-order valence-electron chi connectivity index (χ0n) is 9.12. The summed E-state index contributed by atoms with van der Waals surface area (Å²) in [5.74, 6) is 0.960. The Morgan fingerprint density at radius 3 is 2.47 bits per heavy atom. The van der Waals surface area contributed by atoms with Gasteiger partial charge in [0.15, 0.2) is 0 Å². The average Bonchev–Trinajstić information content (AvgIpc) is 2.91. The minimum atomic E-state index is -0.653. The predicted octanol–water partition coefficient (Wildman–Crippen LogP) is 1.34. The summed E-state index contributed by atoms with van der Waals surface area (Å²) in [7, 11) is 0. The van der Waals surface area contributed by atoms with Gasteiger partial charge in [0.05, 0.1) is 4.75 Å². The van der Waals surface area contributed by atoms with Crippen LogP contribution >= 0.6 is 11.8 Å². The Hall–Kier alpha value is -0.710. The van der Waals surface area contributed by atoms with E-state index in [0.717, 1.165) is 18.5 Å². The third-order valence-corrected chi connectivity index (χ3v) is 4.16. The van der Waals surface area contributed by atoms with Crippen LogP contribution in [0.3, 0.4) is 0 Å². The number of thioether (sulfide) groups is 1. The zero-order chi connectivity index (χ0) is 11.3. The van der Waals surface area contributed by atoms with Gasteiger partial charge in [-0.25, -0.2) is 4.79 Å². The molecule has 84 valence electrons. The Kier molecular flexibility index (Phi) is 2.09. The number of aldehydes is 1. The van der Waals surface area contributed by atoms with Gasteiger partial charge in [-0.2, -0.15) is 0 Å². The van der Waals surface area contributed by atoms with Gasteiger partial charge in [0, 0.05) is 5.75 Å². The normalized spacial score (nSPS) is 37.3. The second-order valence-corrected chi connectivity index (χ2v) is 6.53. The van der Waals surface area contributed by atoms with Crippen molar-refractivity contribution in [1.29, 1.82) is 0 Å². The van der Waals surface area contributed by atoms with Crippen LogP contribution in [0.4, 0.5) is 4.79 Å². The molecule has 0 aromatic heterocycles. The van der Waals surface area contributed by atoms with Crippen molar-refractivity contribution >= 4 is 24.1 Å². The van der Waals surface area contributed by atoms with Crippen LogP contribution in [0.2, 0.25) is 0 Å². The van der Waals surface area contributed by atoms with Gasteiger partial charge in [0.1, 0.15) is 17.4 Å². The Labute approximate surface area is 93.1 Å². The van der Waals surface area contributed by atoms with E-state index in [1.165, 1.54) is 0 Å². The van der Waals surface area contributed by atoms with Crippen molar-refractivity contribution < 1.29 is 14.3 Å². The summed E-state index contributed by atoms with van der Waals surface area (Å²) in [5, 5.41) is 2.68. The first-order valence-electron chi connectivity index (χ1n) is 4.94. The number of alkyl carbamates (subject to hydrolysis) is 1. The van der Waals surface area contributed by atoms with E-state index in [1.54, 1.807) is 32.5 Å². The van der Waals surface area contributed by atoms with Crippen molar-refractivity contribution in [3.63, 3.8) is 0 Å². The maximum atomic E-state index is 11.5. The lowest BCUT2D eigenvalue weighted by atomic mass is 10.2. The molecule has 2 aliphatic rings. The van der Waals surface area contributed by atoms with Crippen molar-refractivity contribution in [2.24, 2.45) is 0 Å². The highest BCUT2D eigenvalue weighted by atomic mass is 32.2. The lowest BCUT2D eigenvalue weighted by Gasteiger charge is -2.21. The second kappa shape index (κ2) is 2.90. The highest BCUT2D eigenvalue weighted by Gasteiger charge is 2.77. The van der Waals surface area contributed by atoms with Crippen molar-refractivity contribution in [2.75, 3.05) is 5.75 Å². The molecule has 1 spiro atoms. The number of carbonyl (C=O) groups excluding carboxylic acids is 2. The van der Waals surface area contributed by atoms with E-state index in [9.17, 15) is 9.59 Å². The molecule has 1 N–H and O–H groups in total. The molecule has 1 aliphatic heterocycles. The van der Waals surface area contributed by atoms with Crippen LogP contribution in [-0.2, 0) is 9.53 Å². The lowest BCUT2D eigenvalue weighted by molar-refractivity contribution is -0.110. The topological polar surface area (TPSA) is 55.4 Å². The second-order valence-electron chi connectivity index (χ2n) is 5.18. The highest BCUT2D eigenvalue weighted by molar-refractivity contribution is 8.08. The Bertz CT molecular complexity index is 319. The molecule has 2 rings (SSSR count). The van der Waals surface area contributed by atoms with Gasteiger partial charge in [-0.05, 0) is 27.2 Å². The molecule has 0 aromatic rings. The SMILES string of the molecule is CC(C)(C)OC(=O)NC1(C=O)CC12CS2. The molecule has 1 saturated carbocycles. The number of ether oxygens (including phenoxy) is 1. The molecule has 1 heterocycles. The first-order chi connectivity index (χ1) is 6.83. The van der Waals surface area contributed by atoms with E-state index in [-0.39, 0.29) is 4.75 Å². The number of rotatable bonds is 2. The summed E-state index contributed by atoms with van der Waals surface area (Å²) in [4.78, 5) is 22.4. The Morgan fingerprint density at radius 2 is 2.13 bits per heavy atom. The van der Waals surface area contributed by atoms with Crippen LogP contribution in [-0.4, -0.2) is 34.0 Å². The molecule has 2 unspecified atom stereocenters. The van der Waals surface area contributed by atoms with Crippen LogP contribution in [0.25, 0.3) is 0 Å². The van der Waals surface area contributed by atoms with E-state index in [0.29, 0.717) is 0 Å². The van der Waals surface area contributed by atoms with Gasteiger partial charge >= 0.3 is 6.09 Å². The maximum absolute atomic E-state index is 11.5. The molecule has 5 heteroatoms. The summed E-state index contributed by atoms with van der Waals surface area (Å²) >= 11 is 1.73. The molecule has 0 radical (unpaired) electrons. The summed E-state index contributed by atoms with van der Waals surface area (Å²) in [6.45, 7) is 5.40. The summed E-state index contributed by atoms with van der Waals surface area (Å²) in [6.07, 6.45) is 1.09. The van der Waals surface area contributed by atoms with E-state index >= 15 is 0 Å². The van der Waals surface area contributed by atoms with E-state index < -0.39 is 17.2 Å². The zero-order valence-corrected chi connectivity index (χ0v) is 9.94.